The van der Waals surface area contributed by atoms with E-state index in [1.165, 1.54) is 7.05 Å². The molecule has 1 aromatic carbocycles. The molecule has 0 fully saturated rings. The fraction of sp³-hybridized carbons (Fsp3) is 0.250. The number of benzene rings is 1. The van der Waals surface area contributed by atoms with E-state index in [1.807, 2.05) is 30.3 Å². The summed E-state index contributed by atoms with van der Waals surface area (Å²) in [6.45, 7) is 1.65. The standard InChI is InChI=1S/C11H15N3O.CH3.W/c1-9(11(15)12-2)13-14(3)10-7-5-4-6-8-10;;/h4-8H,1-3H3,(H,12,15);1H3;/q;-1;+2/p-1/b13-9+;;. The number of rotatable bonds is 3. The second-order valence-electron chi connectivity index (χ2n) is 3.07. The molecule has 0 saturated heterocycles. The summed E-state index contributed by atoms with van der Waals surface area (Å²) in [4.78, 5) is 11.2. The van der Waals surface area contributed by atoms with Gasteiger partial charge in [-0.15, -0.1) is 7.05 Å². The summed E-state index contributed by atoms with van der Waals surface area (Å²) in [6.07, 6.45) is 0. The average molecular weight is 403 g/mol. The minimum absolute atomic E-state index is 0. The molecule has 5 heteroatoms. The van der Waals surface area contributed by atoms with Crippen molar-refractivity contribution < 1.29 is 25.9 Å². The molecule has 0 radical (unpaired) electrons. The number of hydrazone groups is 1. The third-order valence-electron chi connectivity index (χ3n) is 1.94. The Labute approximate surface area is 117 Å². The van der Waals surface area contributed by atoms with Gasteiger partial charge in [-0.25, -0.2) is 0 Å². The first-order chi connectivity index (χ1) is 7.15. The van der Waals surface area contributed by atoms with E-state index in [9.17, 15) is 4.79 Å². The van der Waals surface area contributed by atoms with Gasteiger partial charge in [0.15, 0.2) is 0 Å². The Kier molecular flexibility index (Phi) is 9.58. The van der Waals surface area contributed by atoms with Gasteiger partial charge in [-0.1, -0.05) is 18.2 Å². The van der Waals surface area contributed by atoms with Gasteiger partial charge in [0.1, 0.15) is 0 Å². The molecule has 1 amide bonds. The van der Waals surface area contributed by atoms with Gasteiger partial charge in [-0.3, -0.25) is 5.01 Å². The summed E-state index contributed by atoms with van der Waals surface area (Å²) in [7, 11) is 3.26. The van der Waals surface area contributed by atoms with Crippen molar-refractivity contribution in [1.29, 1.82) is 0 Å². The molecule has 0 saturated carbocycles. The molecule has 0 aliphatic heterocycles. The predicted octanol–water partition coefficient (Wildman–Crippen LogP) is 2.48. The molecule has 0 aliphatic carbocycles. The van der Waals surface area contributed by atoms with Gasteiger partial charge < -0.3 is 17.5 Å². The molecule has 0 unspecified atom stereocenters. The van der Waals surface area contributed by atoms with Crippen LogP contribution in [0.15, 0.2) is 35.4 Å². The number of amides is 1. The molecule has 92 valence electrons. The van der Waals surface area contributed by atoms with Crippen molar-refractivity contribution in [1.82, 2.24) is 0 Å². The van der Waals surface area contributed by atoms with Crippen molar-refractivity contribution in [3.05, 3.63) is 43.1 Å². The van der Waals surface area contributed by atoms with Crippen LogP contribution in [0.4, 0.5) is 5.69 Å². The number of nitrogens with zero attached hydrogens (tertiary/aromatic N) is 3. The quantitative estimate of drug-likeness (QED) is 0.443. The van der Waals surface area contributed by atoms with Crippen LogP contribution in [0.1, 0.15) is 6.92 Å². The Hall–Kier alpha value is -1.15. The van der Waals surface area contributed by atoms with E-state index in [4.69, 9.17) is 0 Å². The molecule has 1 rings (SSSR count). The molecule has 0 bridgehead atoms. The molecule has 17 heavy (non-hydrogen) atoms. The first-order valence-corrected chi connectivity index (χ1v) is 4.63. The van der Waals surface area contributed by atoms with E-state index in [1.54, 1.807) is 19.0 Å². The maximum atomic E-state index is 11.2. The molecular formula is C12H17N3OW. The van der Waals surface area contributed by atoms with E-state index >= 15 is 0 Å². The molecule has 0 heterocycles. The number of hydrogen-bond acceptors (Lipinski definition) is 3. The first-order valence-electron chi connectivity index (χ1n) is 4.63. The van der Waals surface area contributed by atoms with Crippen molar-refractivity contribution in [2.24, 2.45) is 5.10 Å². The van der Waals surface area contributed by atoms with Crippen LogP contribution >= 0.6 is 0 Å². The molecule has 0 spiro atoms. The van der Waals surface area contributed by atoms with E-state index in [-0.39, 0.29) is 34.4 Å². The average Bonchev–Trinajstić information content (AvgIpc) is 2.29. The third-order valence-corrected chi connectivity index (χ3v) is 1.94. The van der Waals surface area contributed by atoms with Gasteiger partial charge in [-0.05, 0) is 19.1 Å². The molecule has 4 nitrogen and oxygen atoms in total. The number of carbonyl (C=O) groups excluding carboxylic acids is 1. The molecule has 0 atom stereocenters. The number of anilines is 1. The van der Waals surface area contributed by atoms with Crippen molar-refractivity contribution >= 4 is 17.3 Å². The Morgan fingerprint density at radius 1 is 1.29 bits per heavy atom. The minimum Gasteiger partial charge on any atom is -0.651 e. The zero-order chi connectivity index (χ0) is 11.3. The normalized spacial score (nSPS) is 9.71. The Bertz CT molecular complexity index is 365. The largest absolute Gasteiger partial charge is 2.00 e. The SMILES string of the molecule is C[N-]C(=O)/C(C)=N/N(C)c1ccccc1.[CH3-].[W+2]. The smallest absolute Gasteiger partial charge is 0.651 e. The van der Waals surface area contributed by atoms with Crippen molar-refractivity contribution in [3.63, 3.8) is 0 Å². The van der Waals surface area contributed by atoms with Crippen LogP contribution in [0.3, 0.4) is 0 Å². The van der Waals surface area contributed by atoms with Crippen molar-refractivity contribution in [2.45, 2.75) is 6.92 Å². The van der Waals surface area contributed by atoms with Crippen LogP contribution in [-0.2, 0) is 25.9 Å². The molecule has 0 aliphatic rings. The van der Waals surface area contributed by atoms with Gasteiger partial charge >= 0.3 is 21.1 Å². The maximum absolute atomic E-state index is 11.2. The van der Waals surface area contributed by atoms with Gasteiger partial charge in [0, 0.05) is 7.05 Å². The maximum Gasteiger partial charge on any atom is 2.00 e. The fourth-order valence-corrected chi connectivity index (χ4v) is 1.13. The third kappa shape index (κ3) is 5.64. The summed E-state index contributed by atoms with van der Waals surface area (Å²) >= 11 is 0. The van der Waals surface area contributed by atoms with Gasteiger partial charge in [0.2, 0.25) is 0 Å². The van der Waals surface area contributed by atoms with Gasteiger partial charge in [0.05, 0.1) is 17.3 Å². The van der Waals surface area contributed by atoms with Crippen LogP contribution in [0.2, 0.25) is 0 Å². The zero-order valence-electron chi connectivity index (χ0n) is 10.5. The summed E-state index contributed by atoms with van der Waals surface area (Å²) in [6, 6.07) is 9.61. The van der Waals surface area contributed by atoms with Crippen LogP contribution in [0.25, 0.3) is 5.32 Å². The second kappa shape index (κ2) is 8.94. The van der Waals surface area contributed by atoms with Crippen LogP contribution in [0, 0.1) is 7.43 Å². The van der Waals surface area contributed by atoms with Crippen molar-refractivity contribution in [3.8, 4) is 0 Å². The van der Waals surface area contributed by atoms with Gasteiger partial charge in [-0.2, -0.15) is 5.10 Å². The number of para-hydroxylation sites is 1. The Balaban J connectivity index is 0. The van der Waals surface area contributed by atoms with E-state index in [2.05, 4.69) is 10.4 Å². The molecule has 0 aromatic heterocycles. The predicted molar refractivity (Wildman–Crippen MR) is 68.7 cm³/mol. The Morgan fingerprint density at radius 2 is 1.82 bits per heavy atom. The van der Waals surface area contributed by atoms with E-state index in [0.29, 0.717) is 5.71 Å². The van der Waals surface area contributed by atoms with E-state index in [0.717, 1.165) is 5.69 Å². The fourth-order valence-electron chi connectivity index (χ4n) is 1.13. The number of carbonyl (C=O) groups is 1. The number of hydrogen-bond donors (Lipinski definition) is 0. The second-order valence-corrected chi connectivity index (χ2v) is 3.07. The van der Waals surface area contributed by atoms with E-state index < -0.39 is 0 Å². The van der Waals surface area contributed by atoms with Crippen LogP contribution in [-0.4, -0.2) is 25.7 Å². The molecule has 1 aromatic rings. The van der Waals surface area contributed by atoms with Crippen LogP contribution in [0.5, 0.6) is 0 Å². The van der Waals surface area contributed by atoms with Gasteiger partial charge in [0.25, 0.3) is 0 Å². The minimum atomic E-state index is -0.294. The summed E-state index contributed by atoms with van der Waals surface area (Å²) in [5, 5.41) is 9.31. The zero-order valence-corrected chi connectivity index (χ0v) is 13.5. The first kappa shape index (κ1) is 18.2. The molecular weight excluding hydrogens is 386 g/mol. The summed E-state index contributed by atoms with van der Waals surface area (Å²) < 4.78 is 0. The van der Waals surface area contributed by atoms with Crippen LogP contribution < -0.4 is 5.01 Å². The Morgan fingerprint density at radius 3 is 2.29 bits per heavy atom. The summed E-state index contributed by atoms with van der Waals surface area (Å²) in [5.74, 6) is -0.294. The summed E-state index contributed by atoms with van der Waals surface area (Å²) in [5.41, 5.74) is 1.31. The molecule has 0 N–H and O–H groups in total. The van der Waals surface area contributed by atoms with Crippen molar-refractivity contribution in [2.75, 3.05) is 19.1 Å². The monoisotopic (exact) mass is 403 g/mol. The topological polar surface area (TPSA) is 46.8 Å².